The molecule has 0 N–H and O–H groups in total. The van der Waals surface area contributed by atoms with Crippen LogP contribution in [0.2, 0.25) is 0 Å². The van der Waals surface area contributed by atoms with Gasteiger partial charge in [-0.05, 0) is 57.3 Å². The van der Waals surface area contributed by atoms with E-state index in [9.17, 15) is 14.4 Å². The predicted octanol–water partition coefficient (Wildman–Crippen LogP) is 4.11. The van der Waals surface area contributed by atoms with Gasteiger partial charge in [0.1, 0.15) is 11.5 Å². The zero-order valence-corrected chi connectivity index (χ0v) is 20.5. The number of rotatable bonds is 1. The summed E-state index contributed by atoms with van der Waals surface area (Å²) in [7, 11) is 1.35. The molecule has 4 rings (SSSR count). The molecule has 32 heavy (non-hydrogen) atoms. The summed E-state index contributed by atoms with van der Waals surface area (Å²) >= 11 is 0. The van der Waals surface area contributed by atoms with Crippen LogP contribution in [0.15, 0.2) is 12.2 Å². The van der Waals surface area contributed by atoms with E-state index in [1.54, 1.807) is 6.08 Å². The average molecular weight is 447 g/mol. The Bertz CT molecular complexity index is 845. The Morgan fingerprint density at radius 1 is 1.12 bits per heavy atom. The molecule has 4 aliphatic rings. The lowest BCUT2D eigenvalue weighted by Gasteiger charge is -2.58. The molecule has 2 heterocycles. The van der Waals surface area contributed by atoms with Crippen LogP contribution in [0.1, 0.15) is 67.2 Å². The highest BCUT2D eigenvalue weighted by atomic mass is 16.6. The van der Waals surface area contributed by atoms with Crippen LogP contribution in [-0.4, -0.2) is 42.1 Å². The second-order valence-corrected chi connectivity index (χ2v) is 11.5. The molecule has 9 atom stereocenters. The predicted molar refractivity (Wildman–Crippen MR) is 118 cm³/mol. The molecule has 0 aromatic carbocycles. The van der Waals surface area contributed by atoms with Crippen LogP contribution >= 0.6 is 0 Å². The lowest BCUT2D eigenvalue weighted by atomic mass is 9.50. The largest absolute Gasteiger partial charge is 0.468 e. The number of hydrogen-bond acceptors (Lipinski definition) is 6. The van der Waals surface area contributed by atoms with Gasteiger partial charge >= 0.3 is 11.9 Å². The van der Waals surface area contributed by atoms with Gasteiger partial charge < -0.3 is 14.2 Å². The van der Waals surface area contributed by atoms with Crippen molar-refractivity contribution < 1.29 is 28.6 Å². The fraction of sp³-hybridized carbons (Fsp3) is 0.808. The molecular weight excluding hydrogens is 408 g/mol. The zero-order chi connectivity index (χ0) is 23.6. The van der Waals surface area contributed by atoms with Gasteiger partial charge in [0.25, 0.3) is 0 Å². The molecule has 9 unspecified atom stereocenters. The minimum atomic E-state index is -0.727. The van der Waals surface area contributed by atoms with E-state index in [0.29, 0.717) is 0 Å². The molecule has 1 saturated heterocycles. The Morgan fingerprint density at radius 2 is 1.81 bits per heavy atom. The first-order valence-electron chi connectivity index (χ1n) is 12.1. The van der Waals surface area contributed by atoms with Gasteiger partial charge in [0.2, 0.25) is 0 Å². The molecule has 6 heteroatoms. The average Bonchev–Trinajstić information content (AvgIpc) is 3.02. The highest BCUT2D eigenvalue weighted by Gasteiger charge is 2.67. The number of ketones is 1. The van der Waals surface area contributed by atoms with Gasteiger partial charge in [-0.25, -0.2) is 4.79 Å². The molecule has 0 amide bonds. The summed E-state index contributed by atoms with van der Waals surface area (Å²) in [5.41, 5.74) is -1.50. The van der Waals surface area contributed by atoms with Crippen LogP contribution in [0.4, 0.5) is 0 Å². The number of hydrogen-bond donors (Lipinski definition) is 0. The van der Waals surface area contributed by atoms with Gasteiger partial charge in [-0.3, -0.25) is 9.59 Å². The molecule has 0 aromatic heterocycles. The number of methoxy groups -OCH3 is 1. The molecule has 6 nitrogen and oxygen atoms in total. The van der Waals surface area contributed by atoms with Gasteiger partial charge in [-0.2, -0.15) is 0 Å². The van der Waals surface area contributed by atoms with Crippen molar-refractivity contribution in [3.8, 4) is 0 Å². The van der Waals surface area contributed by atoms with Gasteiger partial charge in [-0.1, -0.05) is 33.8 Å². The summed E-state index contributed by atoms with van der Waals surface area (Å²) in [6, 6.07) is 0. The van der Waals surface area contributed by atoms with Crippen LogP contribution in [0.3, 0.4) is 0 Å². The minimum Gasteiger partial charge on any atom is -0.468 e. The highest BCUT2D eigenvalue weighted by molar-refractivity contribution is 6.00. The van der Waals surface area contributed by atoms with Crippen LogP contribution in [0, 0.1) is 40.9 Å². The standard InChI is InChI=1S/C26H38O6/c1-14-12-17-13-26(32-22(17)16(3)21(28)20(14)23(29)30-7)15(2)8-9-18-24(4,5)31-19(27)10-11-25(18,26)6/h10-11,14-18,20,22H,8-9,12-13H2,1-7H3. The molecule has 0 aromatic rings. The maximum atomic E-state index is 13.4. The van der Waals surface area contributed by atoms with Gasteiger partial charge in [0, 0.05) is 23.3 Å². The van der Waals surface area contributed by atoms with E-state index in [1.807, 2.05) is 33.8 Å². The van der Waals surface area contributed by atoms with E-state index in [2.05, 4.69) is 13.8 Å². The summed E-state index contributed by atoms with van der Waals surface area (Å²) in [6.07, 6.45) is 6.87. The quantitative estimate of drug-likeness (QED) is 0.446. The third kappa shape index (κ3) is 3.19. The van der Waals surface area contributed by atoms with E-state index in [1.165, 1.54) is 7.11 Å². The van der Waals surface area contributed by atoms with Crippen molar-refractivity contribution in [2.45, 2.75) is 84.5 Å². The molecule has 2 aliphatic carbocycles. The van der Waals surface area contributed by atoms with Crippen molar-refractivity contribution in [1.82, 2.24) is 0 Å². The summed E-state index contributed by atoms with van der Waals surface area (Å²) in [5, 5.41) is 0. The molecule has 2 saturated carbocycles. The number of carbonyl (C=O) groups excluding carboxylic acids is 3. The summed E-state index contributed by atoms with van der Waals surface area (Å²) in [4.78, 5) is 38.1. The summed E-state index contributed by atoms with van der Waals surface area (Å²) < 4.78 is 17.8. The van der Waals surface area contributed by atoms with Crippen LogP contribution in [-0.2, 0) is 28.6 Å². The Labute approximate surface area is 191 Å². The van der Waals surface area contributed by atoms with Gasteiger partial charge in [0.15, 0.2) is 5.78 Å². The maximum Gasteiger partial charge on any atom is 0.330 e. The van der Waals surface area contributed by atoms with E-state index in [-0.39, 0.29) is 47.4 Å². The lowest BCUT2D eigenvalue weighted by molar-refractivity contribution is -0.213. The number of Topliss-reactive ketones (excluding diaryl/α,β-unsaturated/α-hetero) is 1. The normalized spacial score (nSPS) is 47.8. The number of esters is 2. The second kappa shape index (κ2) is 7.68. The first kappa shape index (κ1) is 23.5. The van der Waals surface area contributed by atoms with Crippen LogP contribution in [0.25, 0.3) is 0 Å². The van der Waals surface area contributed by atoms with Crippen molar-refractivity contribution in [2.75, 3.05) is 7.11 Å². The van der Waals surface area contributed by atoms with E-state index in [4.69, 9.17) is 14.2 Å². The Morgan fingerprint density at radius 3 is 2.47 bits per heavy atom. The maximum absolute atomic E-state index is 13.4. The van der Waals surface area contributed by atoms with Crippen molar-refractivity contribution >= 4 is 17.7 Å². The first-order valence-corrected chi connectivity index (χ1v) is 12.1. The van der Waals surface area contributed by atoms with E-state index >= 15 is 0 Å². The fourth-order valence-electron chi connectivity index (χ4n) is 7.81. The molecule has 0 bridgehead atoms. The fourth-order valence-corrected chi connectivity index (χ4v) is 7.81. The lowest BCUT2D eigenvalue weighted by Crippen LogP contribution is -2.61. The van der Waals surface area contributed by atoms with Crippen LogP contribution < -0.4 is 0 Å². The van der Waals surface area contributed by atoms with Gasteiger partial charge in [-0.15, -0.1) is 0 Å². The smallest absolute Gasteiger partial charge is 0.330 e. The third-order valence-corrected chi connectivity index (χ3v) is 9.41. The monoisotopic (exact) mass is 446 g/mol. The Hall–Kier alpha value is -1.69. The van der Waals surface area contributed by atoms with Crippen molar-refractivity contribution in [3.05, 3.63) is 12.2 Å². The summed E-state index contributed by atoms with van der Waals surface area (Å²) in [6.45, 7) is 12.4. The SMILES string of the molecule is COC(=O)C1C(=O)C(C)C2OC3(CC2CC1C)C(C)CCC1C(C)(C)OC(=O)C=CC13C. The molecule has 178 valence electrons. The molecular formula is C26H38O6. The molecule has 3 fully saturated rings. The molecule has 2 aliphatic heterocycles. The van der Waals surface area contributed by atoms with Crippen molar-refractivity contribution in [1.29, 1.82) is 0 Å². The molecule has 1 spiro atoms. The van der Waals surface area contributed by atoms with Gasteiger partial charge in [0.05, 0.1) is 18.8 Å². The summed E-state index contributed by atoms with van der Waals surface area (Å²) in [5.74, 6) is -1.46. The second-order valence-electron chi connectivity index (χ2n) is 11.5. The molecule has 0 radical (unpaired) electrons. The topological polar surface area (TPSA) is 78.9 Å². The minimum absolute atomic E-state index is 0.0747. The van der Waals surface area contributed by atoms with Crippen molar-refractivity contribution in [3.63, 3.8) is 0 Å². The number of carbonyl (C=O) groups is 3. The van der Waals surface area contributed by atoms with E-state index in [0.717, 1.165) is 25.7 Å². The Kier molecular flexibility index (Phi) is 5.63. The first-order chi connectivity index (χ1) is 14.9. The van der Waals surface area contributed by atoms with Crippen LogP contribution in [0.5, 0.6) is 0 Å². The van der Waals surface area contributed by atoms with E-state index < -0.39 is 28.5 Å². The number of cyclic esters (lactones) is 1. The zero-order valence-electron chi connectivity index (χ0n) is 20.5. The highest BCUT2D eigenvalue weighted by Crippen LogP contribution is 2.64. The Balaban J connectivity index is 1.76. The van der Waals surface area contributed by atoms with Crippen molar-refractivity contribution in [2.24, 2.45) is 40.9 Å². The number of ether oxygens (including phenoxy) is 3. The number of fused-ring (bicyclic) bond motifs is 3. The third-order valence-electron chi connectivity index (χ3n) is 9.41.